The predicted molar refractivity (Wildman–Crippen MR) is 127 cm³/mol. The van der Waals surface area contributed by atoms with Gasteiger partial charge >= 0.3 is 0 Å². The normalized spacial score (nSPS) is 21.1. The Labute approximate surface area is 182 Å². The van der Waals surface area contributed by atoms with Crippen LogP contribution in [0, 0.1) is 0 Å². The molecule has 0 amide bonds. The predicted octanol–water partition coefficient (Wildman–Crippen LogP) is 3.43. The summed E-state index contributed by atoms with van der Waals surface area (Å²) in [7, 11) is 4.46. The smallest absolute Gasteiger partial charge is 0.0667 e. The van der Waals surface area contributed by atoms with Crippen LogP contribution in [0.4, 0.5) is 0 Å². The van der Waals surface area contributed by atoms with Crippen molar-refractivity contribution >= 4 is 0 Å². The van der Waals surface area contributed by atoms with Crippen LogP contribution in [-0.2, 0) is 0 Å². The Morgan fingerprint density at radius 1 is 0.724 bits per heavy atom. The standard InChI is InChI=1S/C24H52N4O/c1-4-5-6-7-8-9-10-11-14-24(29)23-28-19-13-18-26(2)20-16-25-15-12-17-27(3)21-22-28/h24-25,29H,4-23H2,1-3H3. The SMILES string of the molecule is CCCCCCCCCCC(O)CN1CCCN(C)CCNCCCN(C)CC1. The average Bonchev–Trinajstić information content (AvgIpc) is 2.70. The summed E-state index contributed by atoms with van der Waals surface area (Å²) in [6.07, 6.45) is 13.9. The number of likely N-dealkylation sites (N-methyl/N-ethyl adjacent to an activating group) is 2. The van der Waals surface area contributed by atoms with Gasteiger partial charge in [0.2, 0.25) is 0 Å². The molecule has 29 heavy (non-hydrogen) atoms. The first-order valence-corrected chi connectivity index (χ1v) is 12.6. The third-order valence-corrected chi connectivity index (χ3v) is 6.24. The zero-order valence-electron chi connectivity index (χ0n) is 20.0. The largest absolute Gasteiger partial charge is 0.392 e. The molecule has 5 heteroatoms. The molecule has 174 valence electrons. The first-order valence-electron chi connectivity index (χ1n) is 12.6. The second-order valence-electron chi connectivity index (χ2n) is 9.28. The van der Waals surface area contributed by atoms with Gasteiger partial charge in [-0.25, -0.2) is 0 Å². The number of hydrogen-bond donors (Lipinski definition) is 2. The van der Waals surface area contributed by atoms with E-state index in [1.807, 2.05) is 0 Å². The van der Waals surface area contributed by atoms with Crippen LogP contribution >= 0.6 is 0 Å². The van der Waals surface area contributed by atoms with E-state index < -0.39 is 0 Å². The van der Waals surface area contributed by atoms with Crippen LogP contribution in [0.1, 0.15) is 77.6 Å². The molecule has 5 nitrogen and oxygen atoms in total. The van der Waals surface area contributed by atoms with Crippen molar-refractivity contribution in [3.8, 4) is 0 Å². The Hall–Kier alpha value is -0.200. The topological polar surface area (TPSA) is 42.0 Å². The number of nitrogens with one attached hydrogen (secondary N) is 1. The summed E-state index contributed by atoms with van der Waals surface area (Å²) >= 11 is 0. The molecule has 0 spiro atoms. The Bertz CT molecular complexity index is 356. The van der Waals surface area contributed by atoms with Gasteiger partial charge in [-0.2, -0.15) is 0 Å². The van der Waals surface area contributed by atoms with Crippen molar-refractivity contribution in [3.63, 3.8) is 0 Å². The van der Waals surface area contributed by atoms with Crippen LogP contribution in [0.25, 0.3) is 0 Å². The van der Waals surface area contributed by atoms with Crippen LogP contribution in [0.15, 0.2) is 0 Å². The second kappa shape index (κ2) is 18.6. The lowest BCUT2D eigenvalue weighted by atomic mass is 10.1. The van der Waals surface area contributed by atoms with E-state index in [9.17, 15) is 5.11 Å². The maximum absolute atomic E-state index is 10.6. The summed E-state index contributed by atoms with van der Waals surface area (Å²) in [4.78, 5) is 7.38. The van der Waals surface area contributed by atoms with E-state index in [1.54, 1.807) is 0 Å². The van der Waals surface area contributed by atoms with Crippen LogP contribution < -0.4 is 5.32 Å². The first-order chi connectivity index (χ1) is 14.1. The molecule has 1 rings (SSSR count). The van der Waals surface area contributed by atoms with Gasteiger partial charge in [0.1, 0.15) is 0 Å². The highest BCUT2D eigenvalue weighted by molar-refractivity contribution is 4.69. The molecular formula is C24H52N4O. The minimum Gasteiger partial charge on any atom is -0.392 e. The molecule has 0 bridgehead atoms. The quantitative estimate of drug-likeness (QED) is 0.509. The summed E-state index contributed by atoms with van der Waals surface area (Å²) in [6.45, 7) is 12.0. The Morgan fingerprint density at radius 3 is 2.14 bits per heavy atom. The van der Waals surface area contributed by atoms with E-state index in [0.29, 0.717) is 0 Å². The Balaban J connectivity index is 2.26. The van der Waals surface area contributed by atoms with Gasteiger partial charge in [-0.3, -0.25) is 4.90 Å². The summed E-state index contributed by atoms with van der Waals surface area (Å²) in [5.74, 6) is 0. The molecule has 0 aromatic carbocycles. The number of β-amino-alcohol motifs (C(OH)–C–C–N with tert-alkyl or cyclic N) is 1. The van der Waals surface area contributed by atoms with Gasteiger partial charge in [0.15, 0.2) is 0 Å². The van der Waals surface area contributed by atoms with Gasteiger partial charge in [-0.1, -0.05) is 58.3 Å². The summed E-state index contributed by atoms with van der Waals surface area (Å²) in [6, 6.07) is 0. The third-order valence-electron chi connectivity index (χ3n) is 6.24. The van der Waals surface area contributed by atoms with Crippen molar-refractivity contribution in [2.45, 2.75) is 83.7 Å². The maximum atomic E-state index is 10.6. The number of nitrogens with zero attached hydrogens (tertiary/aromatic N) is 3. The lowest BCUT2D eigenvalue weighted by molar-refractivity contribution is 0.0946. The van der Waals surface area contributed by atoms with Crippen molar-refractivity contribution in [3.05, 3.63) is 0 Å². The van der Waals surface area contributed by atoms with Gasteiger partial charge in [0.05, 0.1) is 6.10 Å². The zero-order valence-corrected chi connectivity index (χ0v) is 20.0. The highest BCUT2D eigenvalue weighted by atomic mass is 16.3. The third kappa shape index (κ3) is 16.2. The lowest BCUT2D eigenvalue weighted by Gasteiger charge is -2.29. The fraction of sp³-hybridized carbons (Fsp3) is 1.00. The van der Waals surface area contributed by atoms with E-state index in [2.05, 4.69) is 41.0 Å². The zero-order chi connectivity index (χ0) is 21.2. The van der Waals surface area contributed by atoms with E-state index in [-0.39, 0.29) is 6.10 Å². The van der Waals surface area contributed by atoms with Crippen LogP contribution in [0.5, 0.6) is 0 Å². The molecule has 1 fully saturated rings. The highest BCUT2D eigenvalue weighted by Crippen LogP contribution is 2.11. The van der Waals surface area contributed by atoms with E-state index in [1.165, 1.54) is 64.2 Å². The van der Waals surface area contributed by atoms with E-state index in [0.717, 1.165) is 65.3 Å². The van der Waals surface area contributed by atoms with Gasteiger partial charge < -0.3 is 20.2 Å². The van der Waals surface area contributed by atoms with Crippen molar-refractivity contribution < 1.29 is 5.11 Å². The summed E-state index contributed by atoms with van der Waals surface area (Å²) in [5.41, 5.74) is 0. The molecule has 0 aromatic heterocycles. The van der Waals surface area contributed by atoms with Crippen molar-refractivity contribution in [1.82, 2.24) is 20.0 Å². The Morgan fingerprint density at radius 2 is 1.38 bits per heavy atom. The minimum atomic E-state index is -0.166. The maximum Gasteiger partial charge on any atom is 0.0667 e. The van der Waals surface area contributed by atoms with Gasteiger partial charge in [0, 0.05) is 32.7 Å². The van der Waals surface area contributed by atoms with E-state index >= 15 is 0 Å². The van der Waals surface area contributed by atoms with E-state index in [4.69, 9.17) is 0 Å². The molecule has 1 heterocycles. The number of hydrogen-bond acceptors (Lipinski definition) is 5. The van der Waals surface area contributed by atoms with Gasteiger partial charge in [-0.15, -0.1) is 0 Å². The Kier molecular flexibility index (Phi) is 17.2. The molecule has 0 aliphatic carbocycles. The molecule has 1 unspecified atom stereocenters. The first kappa shape index (κ1) is 26.8. The van der Waals surface area contributed by atoms with Crippen LogP contribution in [-0.4, -0.2) is 98.9 Å². The average molecular weight is 413 g/mol. The van der Waals surface area contributed by atoms with Crippen molar-refractivity contribution in [2.24, 2.45) is 0 Å². The molecule has 0 saturated carbocycles. The molecular weight excluding hydrogens is 360 g/mol. The number of rotatable bonds is 11. The second-order valence-corrected chi connectivity index (χ2v) is 9.28. The van der Waals surface area contributed by atoms with Crippen molar-refractivity contribution in [2.75, 3.05) is 73.0 Å². The molecule has 2 N–H and O–H groups in total. The molecule has 0 radical (unpaired) electrons. The van der Waals surface area contributed by atoms with Gasteiger partial charge in [-0.05, 0) is 59.5 Å². The molecule has 0 aromatic rings. The summed E-state index contributed by atoms with van der Waals surface area (Å²) < 4.78 is 0. The highest BCUT2D eigenvalue weighted by Gasteiger charge is 2.13. The molecule has 1 aliphatic heterocycles. The number of aliphatic hydroxyl groups excluding tert-OH is 1. The molecule has 1 saturated heterocycles. The molecule has 1 atom stereocenters. The monoisotopic (exact) mass is 412 g/mol. The molecule has 1 aliphatic rings. The summed E-state index contributed by atoms with van der Waals surface area (Å²) in [5, 5.41) is 14.1. The minimum absolute atomic E-state index is 0.166. The fourth-order valence-electron chi connectivity index (χ4n) is 4.17. The fourth-order valence-corrected chi connectivity index (χ4v) is 4.17. The lowest BCUT2D eigenvalue weighted by Crippen LogP contribution is -2.40. The van der Waals surface area contributed by atoms with Gasteiger partial charge in [0.25, 0.3) is 0 Å². The van der Waals surface area contributed by atoms with Crippen molar-refractivity contribution in [1.29, 1.82) is 0 Å². The van der Waals surface area contributed by atoms with Crippen LogP contribution in [0.3, 0.4) is 0 Å². The van der Waals surface area contributed by atoms with Crippen LogP contribution in [0.2, 0.25) is 0 Å². The number of aliphatic hydroxyl groups is 1. The number of unbranched alkanes of at least 4 members (excludes halogenated alkanes) is 7.